The number of aromatic nitrogens is 1. The van der Waals surface area contributed by atoms with Gasteiger partial charge in [0.2, 0.25) is 0 Å². The van der Waals surface area contributed by atoms with Crippen LogP contribution in [0.1, 0.15) is 5.56 Å². The number of rotatable bonds is 2. The van der Waals surface area contributed by atoms with E-state index < -0.39 is 0 Å². The molecule has 0 saturated heterocycles. The SMILES string of the molecule is C=CCc1cccc2sc([Se])nc12. The van der Waals surface area contributed by atoms with Crippen molar-refractivity contribution in [2.75, 3.05) is 0 Å². The Bertz CT molecular complexity index is 447. The summed E-state index contributed by atoms with van der Waals surface area (Å²) in [6, 6.07) is 6.27. The summed E-state index contributed by atoms with van der Waals surface area (Å²) in [5, 5.41) is 0. The number of thiazole rings is 1. The summed E-state index contributed by atoms with van der Waals surface area (Å²) < 4.78 is 2.25. The first-order valence-electron chi connectivity index (χ1n) is 3.97. The molecule has 0 amide bonds. The van der Waals surface area contributed by atoms with Crippen LogP contribution in [0.15, 0.2) is 30.9 Å². The predicted molar refractivity (Wildman–Crippen MR) is 58.9 cm³/mol. The van der Waals surface area contributed by atoms with E-state index in [1.807, 2.05) is 6.08 Å². The molecule has 1 aromatic carbocycles. The van der Waals surface area contributed by atoms with Crippen LogP contribution in [0.3, 0.4) is 0 Å². The third kappa shape index (κ3) is 1.68. The molecule has 1 radical (unpaired) electrons. The number of hydrogen-bond donors (Lipinski definition) is 0. The zero-order valence-electron chi connectivity index (χ0n) is 6.99. The van der Waals surface area contributed by atoms with Crippen molar-refractivity contribution in [3.8, 4) is 0 Å². The van der Waals surface area contributed by atoms with Crippen LogP contribution < -0.4 is 3.91 Å². The van der Waals surface area contributed by atoms with Gasteiger partial charge in [-0.05, 0) is 0 Å². The van der Waals surface area contributed by atoms with E-state index in [0.29, 0.717) is 0 Å². The van der Waals surface area contributed by atoms with Gasteiger partial charge in [-0.3, -0.25) is 0 Å². The van der Waals surface area contributed by atoms with Gasteiger partial charge >= 0.3 is 89.3 Å². The van der Waals surface area contributed by atoms with Crippen molar-refractivity contribution in [1.29, 1.82) is 0 Å². The Hall–Kier alpha value is -0.631. The Balaban J connectivity index is 2.67. The van der Waals surface area contributed by atoms with Gasteiger partial charge in [0, 0.05) is 0 Å². The van der Waals surface area contributed by atoms with Gasteiger partial charge in [0.05, 0.1) is 0 Å². The summed E-state index contributed by atoms with van der Waals surface area (Å²) in [5.74, 6) is 0. The van der Waals surface area contributed by atoms with Gasteiger partial charge in [0.15, 0.2) is 0 Å². The first-order chi connectivity index (χ1) is 6.31. The molecule has 2 aromatic rings. The van der Waals surface area contributed by atoms with Gasteiger partial charge in [0.1, 0.15) is 0 Å². The first kappa shape index (κ1) is 8.95. The van der Waals surface area contributed by atoms with Crippen molar-refractivity contribution in [2.45, 2.75) is 6.42 Å². The van der Waals surface area contributed by atoms with E-state index in [-0.39, 0.29) is 0 Å². The molecule has 1 aromatic heterocycles. The average Bonchev–Trinajstić information content (AvgIpc) is 2.47. The van der Waals surface area contributed by atoms with E-state index in [4.69, 9.17) is 0 Å². The second-order valence-corrected chi connectivity index (χ2v) is 5.16. The molecule has 0 bridgehead atoms. The quantitative estimate of drug-likeness (QED) is 0.587. The van der Waals surface area contributed by atoms with E-state index >= 15 is 0 Å². The van der Waals surface area contributed by atoms with Crippen LogP contribution in [0.4, 0.5) is 0 Å². The fourth-order valence-electron chi connectivity index (χ4n) is 1.31. The van der Waals surface area contributed by atoms with Crippen LogP contribution in [0.25, 0.3) is 10.2 Å². The van der Waals surface area contributed by atoms with Gasteiger partial charge in [-0.1, -0.05) is 0 Å². The van der Waals surface area contributed by atoms with E-state index in [9.17, 15) is 0 Å². The second-order valence-electron chi connectivity index (χ2n) is 2.74. The Labute approximate surface area is 89.3 Å². The molecule has 1 nitrogen and oxygen atoms in total. The molecule has 3 heteroatoms. The van der Waals surface area contributed by atoms with E-state index in [0.717, 1.165) is 15.8 Å². The summed E-state index contributed by atoms with van der Waals surface area (Å²) >= 11 is 4.63. The van der Waals surface area contributed by atoms with Gasteiger partial charge in [-0.2, -0.15) is 0 Å². The standard InChI is InChI=1S/C10H8NSSe/c1-2-4-7-5-3-6-8-9(7)11-10(13)12-8/h2-3,5-6H,1,4H2. The summed E-state index contributed by atoms with van der Waals surface area (Å²) in [7, 11) is 0. The minimum atomic E-state index is 0.889. The third-order valence-corrected chi connectivity index (χ3v) is 3.38. The summed E-state index contributed by atoms with van der Waals surface area (Å²) in [5.41, 5.74) is 2.37. The van der Waals surface area contributed by atoms with Gasteiger partial charge < -0.3 is 0 Å². The Morgan fingerprint density at radius 2 is 2.38 bits per heavy atom. The van der Waals surface area contributed by atoms with Crippen LogP contribution in [0.5, 0.6) is 0 Å². The monoisotopic (exact) mass is 254 g/mol. The number of allylic oxidation sites excluding steroid dienone is 1. The molecule has 65 valence electrons. The number of benzene rings is 1. The Morgan fingerprint density at radius 3 is 3.15 bits per heavy atom. The van der Waals surface area contributed by atoms with Crippen LogP contribution in [0, 0.1) is 0 Å². The summed E-state index contributed by atoms with van der Waals surface area (Å²) in [4.78, 5) is 4.45. The van der Waals surface area contributed by atoms with E-state index in [1.165, 1.54) is 10.3 Å². The van der Waals surface area contributed by atoms with Gasteiger partial charge in [-0.15, -0.1) is 0 Å². The maximum absolute atomic E-state index is 4.45. The molecule has 0 unspecified atom stereocenters. The fourth-order valence-corrected chi connectivity index (χ4v) is 2.81. The normalized spacial score (nSPS) is 10.5. The molecule has 0 aliphatic heterocycles. The number of hydrogen-bond acceptors (Lipinski definition) is 2. The van der Waals surface area contributed by atoms with Crippen LogP contribution in [-0.4, -0.2) is 21.0 Å². The Kier molecular flexibility index (Phi) is 2.49. The predicted octanol–water partition coefficient (Wildman–Crippen LogP) is 1.82. The van der Waals surface area contributed by atoms with Crippen molar-refractivity contribution in [3.63, 3.8) is 0 Å². The van der Waals surface area contributed by atoms with Crippen molar-refractivity contribution < 1.29 is 0 Å². The van der Waals surface area contributed by atoms with Crippen LogP contribution >= 0.6 is 11.3 Å². The van der Waals surface area contributed by atoms with Gasteiger partial charge in [-0.25, -0.2) is 0 Å². The first-order valence-corrected chi connectivity index (χ1v) is 5.65. The topological polar surface area (TPSA) is 12.9 Å². The number of fused-ring (bicyclic) bond motifs is 1. The summed E-state index contributed by atoms with van der Waals surface area (Å²) in [6.45, 7) is 3.74. The van der Waals surface area contributed by atoms with Gasteiger partial charge in [0.25, 0.3) is 0 Å². The molecule has 0 saturated carbocycles. The molecular weight excluding hydrogens is 245 g/mol. The molecule has 0 atom stereocenters. The molecule has 0 aliphatic carbocycles. The molecule has 0 N–H and O–H groups in total. The molecule has 13 heavy (non-hydrogen) atoms. The molecule has 2 rings (SSSR count). The maximum atomic E-state index is 4.45. The Morgan fingerprint density at radius 1 is 1.54 bits per heavy atom. The average molecular weight is 253 g/mol. The molecule has 0 aliphatic rings. The minimum absolute atomic E-state index is 0.889. The molecular formula is C10H8NSSe. The van der Waals surface area contributed by atoms with Crippen molar-refractivity contribution in [1.82, 2.24) is 4.98 Å². The fraction of sp³-hybridized carbons (Fsp3) is 0.100. The third-order valence-electron chi connectivity index (χ3n) is 1.85. The van der Waals surface area contributed by atoms with Crippen molar-refractivity contribution >= 4 is 41.5 Å². The van der Waals surface area contributed by atoms with Crippen LogP contribution in [-0.2, 0) is 6.42 Å². The van der Waals surface area contributed by atoms with Crippen molar-refractivity contribution in [3.05, 3.63) is 36.4 Å². The van der Waals surface area contributed by atoms with E-state index in [2.05, 4.69) is 45.8 Å². The summed E-state index contributed by atoms with van der Waals surface area (Å²) in [6.07, 6.45) is 2.80. The second kappa shape index (κ2) is 3.62. The van der Waals surface area contributed by atoms with Crippen molar-refractivity contribution in [2.24, 2.45) is 0 Å². The zero-order chi connectivity index (χ0) is 9.26. The van der Waals surface area contributed by atoms with E-state index in [1.54, 1.807) is 11.3 Å². The zero-order valence-corrected chi connectivity index (χ0v) is 9.52. The number of para-hydroxylation sites is 1. The molecule has 1 heterocycles. The molecule has 0 spiro atoms. The van der Waals surface area contributed by atoms with Crippen LogP contribution in [0.2, 0.25) is 0 Å². The number of nitrogens with zero attached hydrogens (tertiary/aromatic N) is 1. The molecule has 0 fully saturated rings.